The summed E-state index contributed by atoms with van der Waals surface area (Å²) in [5.41, 5.74) is -1.08. The highest BCUT2D eigenvalue weighted by atomic mass is 32.2. The van der Waals surface area contributed by atoms with E-state index in [1.165, 1.54) is 24.3 Å². The lowest BCUT2D eigenvalue weighted by molar-refractivity contribution is -0.137. The first-order chi connectivity index (χ1) is 14.9. The average Bonchev–Trinajstić information content (AvgIpc) is 2.62. The smallest absolute Gasteiger partial charge is 0.347 e. The largest absolute Gasteiger partial charge is 0.418 e. The molecule has 0 aromatic heterocycles. The molecular formula is C24H31F3N2O3S. The maximum atomic E-state index is 13.4. The summed E-state index contributed by atoms with van der Waals surface area (Å²) in [6, 6.07) is 10.7. The molecule has 0 bridgehead atoms. The second-order valence-electron chi connectivity index (χ2n) is 10.1. The number of carbonyl (C=O) groups is 1. The van der Waals surface area contributed by atoms with E-state index in [1.807, 2.05) is 13.8 Å². The van der Waals surface area contributed by atoms with E-state index in [9.17, 15) is 26.4 Å². The van der Waals surface area contributed by atoms with Crippen molar-refractivity contribution < 1.29 is 26.4 Å². The fraction of sp³-hybridized carbons (Fsp3) is 0.458. The molecule has 2 rings (SSSR count). The zero-order valence-corrected chi connectivity index (χ0v) is 20.6. The molecule has 0 fully saturated rings. The summed E-state index contributed by atoms with van der Waals surface area (Å²) in [5, 5.41) is 2.99. The molecule has 0 aliphatic rings. The summed E-state index contributed by atoms with van der Waals surface area (Å²) in [6.07, 6.45) is -3.09. The van der Waals surface area contributed by atoms with E-state index >= 15 is 0 Å². The topological polar surface area (TPSA) is 66.5 Å². The number of nitrogens with zero attached hydrogens (tertiary/aromatic N) is 1. The van der Waals surface area contributed by atoms with E-state index in [0.717, 1.165) is 29.1 Å². The first kappa shape index (κ1) is 26.7. The second-order valence-corrected chi connectivity index (χ2v) is 12.0. The molecule has 2 aromatic rings. The fourth-order valence-electron chi connectivity index (χ4n) is 3.99. The second kappa shape index (κ2) is 9.37. The molecule has 9 heteroatoms. The van der Waals surface area contributed by atoms with Gasteiger partial charge in [0.05, 0.1) is 24.1 Å². The Balaban J connectivity index is 2.28. The molecule has 0 atom stereocenters. The number of anilines is 1. The Bertz CT molecular complexity index is 1090. The van der Waals surface area contributed by atoms with Crippen LogP contribution in [0.2, 0.25) is 0 Å². The monoisotopic (exact) mass is 484 g/mol. The molecule has 5 nitrogen and oxygen atoms in total. The number of amides is 1. The van der Waals surface area contributed by atoms with E-state index in [-0.39, 0.29) is 17.9 Å². The van der Waals surface area contributed by atoms with Gasteiger partial charge in [0.2, 0.25) is 10.0 Å². The van der Waals surface area contributed by atoms with Gasteiger partial charge in [-0.2, -0.15) is 13.2 Å². The predicted molar refractivity (Wildman–Crippen MR) is 125 cm³/mol. The number of nitrogens with one attached hydrogen (secondary N) is 1. The molecule has 0 spiro atoms. The van der Waals surface area contributed by atoms with E-state index in [2.05, 4.69) is 26.1 Å². The lowest BCUT2D eigenvalue weighted by Gasteiger charge is -2.33. The number of hydrogen-bond acceptors (Lipinski definition) is 3. The highest BCUT2D eigenvalue weighted by Gasteiger charge is 2.36. The van der Waals surface area contributed by atoms with Gasteiger partial charge in [-0.1, -0.05) is 45.0 Å². The summed E-state index contributed by atoms with van der Waals surface area (Å²) in [6.45, 7) is 9.82. The molecule has 2 aromatic carbocycles. The van der Waals surface area contributed by atoms with Crippen LogP contribution >= 0.6 is 0 Å². The highest BCUT2D eigenvalue weighted by molar-refractivity contribution is 7.92. The van der Waals surface area contributed by atoms with Gasteiger partial charge in [-0.05, 0) is 55.5 Å². The van der Waals surface area contributed by atoms with Gasteiger partial charge in [0, 0.05) is 11.1 Å². The third-order valence-electron chi connectivity index (χ3n) is 4.84. The Morgan fingerprint density at radius 3 is 1.97 bits per heavy atom. The van der Waals surface area contributed by atoms with Gasteiger partial charge in [-0.15, -0.1) is 0 Å². The van der Waals surface area contributed by atoms with Crippen LogP contribution in [0.25, 0.3) is 0 Å². The van der Waals surface area contributed by atoms with Crippen LogP contribution in [0.4, 0.5) is 18.9 Å². The number of para-hydroxylation sites is 1. The van der Waals surface area contributed by atoms with E-state index in [0.29, 0.717) is 11.1 Å². The minimum Gasteiger partial charge on any atom is -0.347 e. The Labute approximate surface area is 194 Å². The van der Waals surface area contributed by atoms with Crippen LogP contribution < -0.4 is 9.62 Å². The van der Waals surface area contributed by atoms with E-state index in [4.69, 9.17) is 0 Å². The first-order valence-electron chi connectivity index (χ1n) is 10.4. The van der Waals surface area contributed by atoms with Crippen LogP contribution in [0.15, 0.2) is 48.5 Å². The molecule has 0 radical (unpaired) electrons. The number of alkyl halides is 3. The van der Waals surface area contributed by atoms with Gasteiger partial charge in [-0.3, -0.25) is 9.10 Å². The zero-order valence-electron chi connectivity index (χ0n) is 19.7. The van der Waals surface area contributed by atoms with E-state index < -0.39 is 33.0 Å². The van der Waals surface area contributed by atoms with Crippen LogP contribution in [-0.2, 0) is 22.7 Å². The first-order valence-corrected chi connectivity index (χ1v) is 12.3. The molecule has 1 N–H and O–H groups in total. The molecule has 0 unspecified atom stereocenters. The number of hydrogen-bond donors (Lipinski definition) is 1. The summed E-state index contributed by atoms with van der Waals surface area (Å²) >= 11 is 0. The quantitative estimate of drug-likeness (QED) is 0.555. The molecule has 0 saturated carbocycles. The van der Waals surface area contributed by atoms with E-state index in [1.54, 1.807) is 12.1 Å². The van der Waals surface area contributed by atoms with Crippen LogP contribution in [0.5, 0.6) is 0 Å². The van der Waals surface area contributed by atoms with Gasteiger partial charge in [0.1, 0.15) is 0 Å². The van der Waals surface area contributed by atoms with Gasteiger partial charge in [-0.25, -0.2) is 8.42 Å². The van der Waals surface area contributed by atoms with Gasteiger partial charge >= 0.3 is 6.18 Å². The van der Waals surface area contributed by atoms with Crippen LogP contribution in [0, 0.1) is 5.41 Å². The molecular weight excluding hydrogens is 453 g/mol. The summed E-state index contributed by atoms with van der Waals surface area (Å²) in [5.74, 6) is -0.279. The van der Waals surface area contributed by atoms with Crippen molar-refractivity contribution in [3.63, 3.8) is 0 Å². The minimum atomic E-state index is -4.71. The number of rotatable bonds is 7. The molecule has 0 aliphatic heterocycles. The number of sulfonamides is 1. The van der Waals surface area contributed by atoms with Gasteiger partial charge in [0.15, 0.2) is 0 Å². The molecule has 33 heavy (non-hydrogen) atoms. The van der Waals surface area contributed by atoms with Crippen LogP contribution in [0.1, 0.15) is 62.5 Å². The fourth-order valence-corrected chi connectivity index (χ4v) is 4.89. The molecule has 182 valence electrons. The Kier molecular flexibility index (Phi) is 7.58. The third kappa shape index (κ3) is 7.77. The van der Waals surface area contributed by atoms with Crippen molar-refractivity contribution in [3.8, 4) is 0 Å². The minimum absolute atomic E-state index is 0.0163. The lowest BCUT2D eigenvalue weighted by Crippen LogP contribution is -2.45. The van der Waals surface area contributed by atoms with Crippen molar-refractivity contribution in [1.29, 1.82) is 0 Å². The van der Waals surface area contributed by atoms with Gasteiger partial charge < -0.3 is 5.32 Å². The predicted octanol–water partition coefficient (Wildman–Crippen LogP) is 5.62. The van der Waals surface area contributed by atoms with Crippen molar-refractivity contribution in [2.75, 3.05) is 10.6 Å². The maximum Gasteiger partial charge on any atom is 0.418 e. The van der Waals surface area contributed by atoms with Crippen molar-refractivity contribution in [3.05, 3.63) is 65.2 Å². The lowest BCUT2D eigenvalue weighted by atomic mass is 9.81. The average molecular weight is 485 g/mol. The number of benzene rings is 2. The molecule has 0 aliphatic carbocycles. The van der Waals surface area contributed by atoms with Crippen molar-refractivity contribution in [1.82, 2.24) is 5.32 Å². The summed E-state index contributed by atoms with van der Waals surface area (Å²) in [7, 11) is -4.01. The molecule has 0 saturated heterocycles. The van der Waals surface area contributed by atoms with Crippen LogP contribution in [0.3, 0.4) is 0 Å². The zero-order chi connectivity index (χ0) is 25.2. The van der Waals surface area contributed by atoms with Crippen molar-refractivity contribution in [2.24, 2.45) is 5.41 Å². The molecule has 0 heterocycles. The van der Waals surface area contributed by atoms with Crippen molar-refractivity contribution in [2.45, 2.75) is 59.3 Å². The SMILES string of the molecule is CC(C)(C)CC(C)(C)NC(=O)c1ccc(CN(c2ccccc2C(F)(F)F)S(C)(=O)=O)cc1. The number of halogens is 3. The van der Waals surface area contributed by atoms with Crippen LogP contribution in [-0.4, -0.2) is 26.1 Å². The Hall–Kier alpha value is -2.55. The summed E-state index contributed by atoms with van der Waals surface area (Å²) in [4.78, 5) is 12.7. The number of carbonyl (C=O) groups excluding carboxylic acids is 1. The Morgan fingerprint density at radius 1 is 0.939 bits per heavy atom. The third-order valence-corrected chi connectivity index (χ3v) is 5.97. The Morgan fingerprint density at radius 2 is 1.48 bits per heavy atom. The normalized spacial score (nSPS) is 13.0. The molecule has 1 amide bonds. The highest BCUT2D eigenvalue weighted by Crippen LogP contribution is 2.37. The van der Waals surface area contributed by atoms with Crippen molar-refractivity contribution >= 4 is 21.6 Å². The standard InChI is InChI=1S/C24H31F3N2O3S/c1-22(2,3)16-23(4,5)28-21(30)18-13-11-17(12-14-18)15-29(33(6,31)32)20-10-8-7-9-19(20)24(25,26)27/h7-14H,15-16H2,1-6H3,(H,28,30). The maximum absolute atomic E-state index is 13.4. The van der Waals surface area contributed by atoms with Gasteiger partial charge in [0.25, 0.3) is 5.91 Å². The summed E-state index contributed by atoms with van der Waals surface area (Å²) < 4.78 is 65.8.